The van der Waals surface area contributed by atoms with E-state index in [0.29, 0.717) is 17.3 Å². The Balaban J connectivity index is 2.03. The summed E-state index contributed by atoms with van der Waals surface area (Å²) in [5.41, 5.74) is 0.771. The average Bonchev–Trinajstić information content (AvgIpc) is 3.02. The van der Waals surface area contributed by atoms with Crippen LogP contribution in [0.1, 0.15) is 18.3 Å². The first-order chi connectivity index (χ1) is 10.8. The number of aromatic nitrogens is 4. The van der Waals surface area contributed by atoms with Gasteiger partial charge in [-0.15, -0.1) is 0 Å². The number of nitro groups is 1. The van der Waals surface area contributed by atoms with Gasteiger partial charge in [0.25, 0.3) is 0 Å². The quantitative estimate of drug-likeness (QED) is 0.587. The molecule has 2 aromatic rings. The molecule has 0 radical (unpaired) electrons. The molecule has 0 fully saturated rings. The predicted molar refractivity (Wildman–Crippen MR) is 83.0 cm³/mol. The van der Waals surface area contributed by atoms with Gasteiger partial charge >= 0.3 is 5.69 Å². The second-order valence-electron chi connectivity index (χ2n) is 5.08. The monoisotopic (exact) mass is 340 g/mol. The lowest BCUT2D eigenvalue weighted by Crippen LogP contribution is -2.30. The van der Waals surface area contributed by atoms with Crippen molar-refractivity contribution < 1.29 is 9.72 Å². The van der Waals surface area contributed by atoms with Gasteiger partial charge in [0.2, 0.25) is 5.91 Å². The van der Waals surface area contributed by atoms with Crippen molar-refractivity contribution in [2.45, 2.75) is 33.5 Å². The largest absolute Gasteiger partial charge is 0.338 e. The lowest BCUT2D eigenvalue weighted by atomic mass is 10.4. The lowest BCUT2D eigenvalue weighted by Gasteiger charge is -2.15. The summed E-state index contributed by atoms with van der Waals surface area (Å²) in [5, 5.41) is 19.5. The molecule has 2 heterocycles. The van der Waals surface area contributed by atoms with Crippen LogP contribution in [0.3, 0.4) is 0 Å². The van der Waals surface area contributed by atoms with Gasteiger partial charge < -0.3 is 4.90 Å². The minimum Gasteiger partial charge on any atom is -0.338 e. The maximum atomic E-state index is 12.2. The Morgan fingerprint density at radius 2 is 2.09 bits per heavy atom. The van der Waals surface area contributed by atoms with Crippen LogP contribution >= 0.6 is 11.6 Å². The van der Waals surface area contributed by atoms with Crippen molar-refractivity contribution in [3.63, 3.8) is 0 Å². The molecule has 0 aliphatic carbocycles. The van der Waals surface area contributed by atoms with Gasteiger partial charge in [-0.05, 0) is 13.8 Å². The zero-order chi connectivity index (χ0) is 17.1. The van der Waals surface area contributed by atoms with Crippen LogP contribution in [0.5, 0.6) is 0 Å². The number of aryl methyl sites for hydroxylation is 2. The second-order valence-corrected chi connectivity index (χ2v) is 5.49. The normalized spacial score (nSPS) is 10.8. The van der Waals surface area contributed by atoms with Crippen molar-refractivity contribution in [2.24, 2.45) is 0 Å². The molecule has 0 aliphatic heterocycles. The summed E-state index contributed by atoms with van der Waals surface area (Å²) in [5.74, 6) is -0.246. The van der Waals surface area contributed by atoms with Gasteiger partial charge in [0.1, 0.15) is 24.1 Å². The van der Waals surface area contributed by atoms with E-state index in [1.165, 1.54) is 22.7 Å². The second kappa shape index (κ2) is 6.78. The Bertz CT molecular complexity index is 738. The molecule has 2 rings (SSSR count). The molecule has 1 amide bonds. The number of hydrogen-bond donors (Lipinski definition) is 0. The van der Waals surface area contributed by atoms with Crippen molar-refractivity contribution in [1.82, 2.24) is 24.5 Å². The zero-order valence-electron chi connectivity index (χ0n) is 13.1. The molecule has 0 saturated heterocycles. The number of amides is 1. The van der Waals surface area contributed by atoms with Gasteiger partial charge in [-0.2, -0.15) is 10.2 Å². The number of nitrogens with zero attached hydrogens (tertiary/aromatic N) is 6. The summed E-state index contributed by atoms with van der Waals surface area (Å²) < 4.78 is 2.95. The van der Waals surface area contributed by atoms with E-state index in [1.807, 2.05) is 6.92 Å². The first-order valence-corrected chi connectivity index (χ1v) is 7.33. The number of carbonyl (C=O) groups excluding carboxylic acids is 1. The topological polar surface area (TPSA) is 99.1 Å². The third-order valence-electron chi connectivity index (χ3n) is 3.34. The van der Waals surface area contributed by atoms with E-state index in [-0.39, 0.29) is 30.4 Å². The third kappa shape index (κ3) is 3.86. The van der Waals surface area contributed by atoms with Gasteiger partial charge in [-0.25, -0.2) is 0 Å². The highest BCUT2D eigenvalue weighted by Gasteiger charge is 2.19. The predicted octanol–water partition coefficient (Wildman–Crippen LogP) is 1.63. The summed E-state index contributed by atoms with van der Waals surface area (Å²) in [6, 6.07) is 0. The fraction of sp³-hybridized carbons (Fsp3) is 0.462. The van der Waals surface area contributed by atoms with Crippen molar-refractivity contribution in [1.29, 1.82) is 0 Å². The van der Waals surface area contributed by atoms with Gasteiger partial charge in [0, 0.05) is 19.8 Å². The lowest BCUT2D eigenvalue weighted by molar-refractivity contribution is -0.385. The van der Waals surface area contributed by atoms with Gasteiger partial charge in [0.05, 0.1) is 16.5 Å². The minimum absolute atomic E-state index is 0.0860. The smallest absolute Gasteiger partial charge is 0.309 e. The molecule has 0 unspecified atom stereocenters. The van der Waals surface area contributed by atoms with Crippen molar-refractivity contribution in [3.05, 3.63) is 38.9 Å². The molecule has 0 N–H and O–H groups in total. The van der Waals surface area contributed by atoms with E-state index in [9.17, 15) is 14.9 Å². The molecule has 9 nitrogen and oxygen atoms in total. The molecule has 0 aromatic carbocycles. The van der Waals surface area contributed by atoms with Crippen molar-refractivity contribution >= 4 is 23.2 Å². The van der Waals surface area contributed by atoms with Crippen LogP contribution in [0, 0.1) is 17.0 Å². The molecule has 0 atom stereocenters. The third-order valence-corrected chi connectivity index (χ3v) is 3.65. The number of hydrogen-bond acceptors (Lipinski definition) is 5. The van der Waals surface area contributed by atoms with Crippen molar-refractivity contribution in [2.75, 3.05) is 7.05 Å². The molecule has 0 bridgehead atoms. The Morgan fingerprint density at radius 1 is 1.39 bits per heavy atom. The Morgan fingerprint density at radius 3 is 2.61 bits per heavy atom. The first-order valence-electron chi connectivity index (χ1n) is 6.96. The van der Waals surface area contributed by atoms with Crippen LogP contribution < -0.4 is 0 Å². The molecular formula is C13H17ClN6O3. The molecule has 124 valence electrons. The summed E-state index contributed by atoms with van der Waals surface area (Å²) in [4.78, 5) is 23.9. The van der Waals surface area contributed by atoms with Crippen LogP contribution in [-0.2, 0) is 24.4 Å². The molecule has 0 saturated carbocycles. The van der Waals surface area contributed by atoms with Crippen LogP contribution in [0.25, 0.3) is 0 Å². The van der Waals surface area contributed by atoms with Gasteiger partial charge in [-0.3, -0.25) is 24.3 Å². The Kier molecular flexibility index (Phi) is 4.99. The van der Waals surface area contributed by atoms with E-state index in [1.54, 1.807) is 17.9 Å². The molecule has 2 aromatic heterocycles. The van der Waals surface area contributed by atoms with E-state index in [4.69, 9.17) is 11.6 Å². The molecule has 0 spiro atoms. The standard InChI is InChI=1S/C13H17ClN6O3/c1-4-18-5-10(14)11(16-18)6-17(3)13(21)8-19-7-12(20(22)23)9(2)15-19/h5,7H,4,6,8H2,1-3H3. The van der Waals surface area contributed by atoms with Crippen LogP contribution in [-0.4, -0.2) is 42.3 Å². The minimum atomic E-state index is -0.524. The van der Waals surface area contributed by atoms with Crippen molar-refractivity contribution in [3.8, 4) is 0 Å². The number of halogens is 1. The molecular weight excluding hydrogens is 324 g/mol. The number of carbonyl (C=O) groups is 1. The summed E-state index contributed by atoms with van der Waals surface area (Å²) in [6.45, 7) is 4.33. The first kappa shape index (κ1) is 16.9. The number of likely N-dealkylation sites (N-methyl/N-ethyl adjacent to an activating group) is 1. The van der Waals surface area contributed by atoms with E-state index >= 15 is 0 Å². The SMILES string of the molecule is CCn1cc(Cl)c(CN(C)C(=O)Cn2cc([N+](=O)[O-])c(C)n2)n1. The maximum Gasteiger partial charge on any atom is 0.309 e. The van der Waals surface area contributed by atoms with Crippen LogP contribution in [0.4, 0.5) is 5.69 Å². The maximum absolute atomic E-state index is 12.2. The van der Waals surface area contributed by atoms with Crippen LogP contribution in [0.2, 0.25) is 5.02 Å². The van der Waals surface area contributed by atoms with Gasteiger partial charge in [0.15, 0.2) is 0 Å². The number of rotatable bonds is 6. The summed E-state index contributed by atoms with van der Waals surface area (Å²) >= 11 is 6.08. The van der Waals surface area contributed by atoms with E-state index in [0.717, 1.165) is 0 Å². The van der Waals surface area contributed by atoms with E-state index in [2.05, 4.69) is 10.2 Å². The highest BCUT2D eigenvalue weighted by Crippen LogP contribution is 2.17. The van der Waals surface area contributed by atoms with Crippen LogP contribution in [0.15, 0.2) is 12.4 Å². The molecule has 0 aliphatic rings. The average molecular weight is 341 g/mol. The fourth-order valence-corrected chi connectivity index (χ4v) is 2.26. The zero-order valence-corrected chi connectivity index (χ0v) is 13.8. The Hall–Kier alpha value is -2.42. The molecule has 10 heteroatoms. The summed E-state index contributed by atoms with van der Waals surface area (Å²) in [6.07, 6.45) is 2.95. The summed E-state index contributed by atoms with van der Waals surface area (Å²) in [7, 11) is 1.62. The fourth-order valence-electron chi connectivity index (χ4n) is 2.05. The van der Waals surface area contributed by atoms with E-state index < -0.39 is 4.92 Å². The highest BCUT2D eigenvalue weighted by molar-refractivity contribution is 6.31. The highest BCUT2D eigenvalue weighted by atomic mass is 35.5. The Labute approximate surface area is 137 Å². The van der Waals surface area contributed by atoms with Gasteiger partial charge in [-0.1, -0.05) is 11.6 Å². The molecule has 23 heavy (non-hydrogen) atoms.